The van der Waals surface area contributed by atoms with Crippen LogP contribution in [0.1, 0.15) is 35.3 Å². The van der Waals surface area contributed by atoms with Gasteiger partial charge in [-0.1, -0.05) is 0 Å². The standard InChI is InChI=1S/C11H15N3O3S/c1-11(3-2-4-13-11)10(17)12-5-8-14-7(6-18-8)9(15)16/h6,13H,2-5H2,1H3,(H,12,17)(H,15,16). The van der Waals surface area contributed by atoms with Crippen LogP contribution in [0.5, 0.6) is 0 Å². The summed E-state index contributed by atoms with van der Waals surface area (Å²) in [6, 6.07) is 0. The number of amides is 1. The molecule has 2 heterocycles. The highest BCUT2D eigenvalue weighted by Gasteiger charge is 2.35. The van der Waals surface area contributed by atoms with Crippen LogP contribution >= 0.6 is 11.3 Å². The number of carbonyl (C=O) groups is 2. The molecule has 1 amide bonds. The van der Waals surface area contributed by atoms with Crippen molar-refractivity contribution >= 4 is 23.2 Å². The van der Waals surface area contributed by atoms with Gasteiger partial charge in [-0.15, -0.1) is 11.3 Å². The van der Waals surface area contributed by atoms with Gasteiger partial charge < -0.3 is 15.7 Å². The Hall–Kier alpha value is -1.47. The molecule has 0 spiro atoms. The van der Waals surface area contributed by atoms with E-state index < -0.39 is 11.5 Å². The summed E-state index contributed by atoms with van der Waals surface area (Å²) in [5, 5.41) is 16.8. The molecule has 1 fully saturated rings. The molecule has 98 valence electrons. The predicted octanol–water partition coefficient (Wildman–Crippen LogP) is 0.600. The zero-order valence-corrected chi connectivity index (χ0v) is 10.8. The Morgan fingerprint density at radius 1 is 1.67 bits per heavy atom. The molecule has 1 saturated heterocycles. The van der Waals surface area contributed by atoms with Crippen molar-refractivity contribution in [3.8, 4) is 0 Å². The second-order valence-electron chi connectivity index (χ2n) is 4.48. The van der Waals surface area contributed by atoms with Gasteiger partial charge in [-0.25, -0.2) is 9.78 Å². The van der Waals surface area contributed by atoms with Gasteiger partial charge in [-0.05, 0) is 26.3 Å². The van der Waals surface area contributed by atoms with Crippen LogP contribution in [0.3, 0.4) is 0 Å². The minimum Gasteiger partial charge on any atom is -0.476 e. The van der Waals surface area contributed by atoms with Gasteiger partial charge in [0.1, 0.15) is 5.01 Å². The van der Waals surface area contributed by atoms with Crippen molar-refractivity contribution in [2.24, 2.45) is 0 Å². The second kappa shape index (κ2) is 5.03. The van der Waals surface area contributed by atoms with Crippen LogP contribution in [0.4, 0.5) is 0 Å². The van der Waals surface area contributed by atoms with Crippen molar-refractivity contribution in [3.63, 3.8) is 0 Å². The van der Waals surface area contributed by atoms with E-state index in [2.05, 4.69) is 15.6 Å². The van der Waals surface area contributed by atoms with Crippen molar-refractivity contribution in [2.75, 3.05) is 6.54 Å². The highest BCUT2D eigenvalue weighted by atomic mass is 32.1. The normalized spacial score (nSPS) is 22.9. The van der Waals surface area contributed by atoms with E-state index in [-0.39, 0.29) is 18.1 Å². The minimum atomic E-state index is -1.05. The Bertz CT molecular complexity index is 466. The molecule has 0 radical (unpaired) electrons. The molecule has 7 heteroatoms. The third-order valence-corrected chi connectivity index (χ3v) is 3.89. The van der Waals surface area contributed by atoms with Gasteiger partial charge >= 0.3 is 5.97 Å². The van der Waals surface area contributed by atoms with E-state index in [4.69, 9.17) is 5.11 Å². The van der Waals surface area contributed by atoms with Crippen LogP contribution < -0.4 is 10.6 Å². The van der Waals surface area contributed by atoms with Gasteiger partial charge in [-0.2, -0.15) is 0 Å². The summed E-state index contributed by atoms with van der Waals surface area (Å²) in [6.45, 7) is 3.00. The van der Waals surface area contributed by atoms with Crippen LogP contribution in [0.2, 0.25) is 0 Å². The molecule has 1 unspecified atom stereocenters. The van der Waals surface area contributed by atoms with Crippen LogP contribution in [0, 0.1) is 0 Å². The number of hydrogen-bond donors (Lipinski definition) is 3. The molecule has 0 saturated carbocycles. The first-order chi connectivity index (χ1) is 8.51. The number of nitrogens with one attached hydrogen (secondary N) is 2. The maximum Gasteiger partial charge on any atom is 0.355 e. The molecular weight excluding hydrogens is 254 g/mol. The maximum absolute atomic E-state index is 12.0. The molecule has 0 aromatic carbocycles. The lowest BCUT2D eigenvalue weighted by Crippen LogP contribution is -2.50. The Labute approximate surface area is 108 Å². The molecule has 18 heavy (non-hydrogen) atoms. The molecule has 1 atom stereocenters. The highest BCUT2D eigenvalue weighted by Crippen LogP contribution is 2.18. The van der Waals surface area contributed by atoms with Crippen molar-refractivity contribution in [1.82, 2.24) is 15.6 Å². The fourth-order valence-electron chi connectivity index (χ4n) is 1.93. The lowest BCUT2D eigenvalue weighted by Gasteiger charge is -2.22. The molecule has 1 aliphatic heterocycles. The van der Waals surface area contributed by atoms with Crippen molar-refractivity contribution in [2.45, 2.75) is 31.8 Å². The molecule has 1 aromatic heterocycles. The van der Waals surface area contributed by atoms with Gasteiger partial charge in [0.05, 0.1) is 12.1 Å². The lowest BCUT2D eigenvalue weighted by atomic mass is 9.99. The molecule has 0 bridgehead atoms. The predicted molar refractivity (Wildman–Crippen MR) is 66.6 cm³/mol. The van der Waals surface area contributed by atoms with Gasteiger partial charge in [0.2, 0.25) is 5.91 Å². The zero-order chi connectivity index (χ0) is 13.2. The molecule has 1 aliphatic rings. The molecule has 6 nitrogen and oxygen atoms in total. The van der Waals surface area contributed by atoms with Gasteiger partial charge in [0.15, 0.2) is 5.69 Å². The Morgan fingerprint density at radius 2 is 2.44 bits per heavy atom. The average Bonchev–Trinajstić information content (AvgIpc) is 2.95. The number of carboxylic acid groups (broad SMARTS) is 1. The van der Waals surface area contributed by atoms with Crippen LogP contribution in [-0.4, -0.2) is 34.1 Å². The first-order valence-corrected chi connectivity index (χ1v) is 6.60. The number of carbonyl (C=O) groups excluding carboxylic acids is 1. The van der Waals surface area contributed by atoms with Gasteiger partial charge in [0, 0.05) is 5.38 Å². The van der Waals surface area contributed by atoms with Crippen LogP contribution in [0.25, 0.3) is 0 Å². The molecular formula is C11H15N3O3S. The summed E-state index contributed by atoms with van der Waals surface area (Å²) in [7, 11) is 0. The number of rotatable bonds is 4. The first-order valence-electron chi connectivity index (χ1n) is 5.72. The van der Waals surface area contributed by atoms with E-state index in [0.29, 0.717) is 5.01 Å². The lowest BCUT2D eigenvalue weighted by molar-refractivity contribution is -0.126. The second-order valence-corrected chi connectivity index (χ2v) is 5.42. The zero-order valence-electron chi connectivity index (χ0n) is 10.0. The summed E-state index contributed by atoms with van der Waals surface area (Å²) in [5.74, 6) is -1.11. The molecule has 1 aromatic rings. The number of thiazole rings is 1. The van der Waals surface area contributed by atoms with Crippen LogP contribution in [0.15, 0.2) is 5.38 Å². The third-order valence-electron chi connectivity index (χ3n) is 3.04. The number of nitrogens with zero attached hydrogens (tertiary/aromatic N) is 1. The van der Waals surface area contributed by atoms with Crippen molar-refractivity contribution in [1.29, 1.82) is 0 Å². The monoisotopic (exact) mass is 269 g/mol. The Kier molecular flexibility index (Phi) is 3.63. The summed E-state index contributed by atoms with van der Waals surface area (Å²) in [4.78, 5) is 26.5. The number of aromatic nitrogens is 1. The largest absolute Gasteiger partial charge is 0.476 e. The molecule has 2 rings (SSSR count). The van der Waals surface area contributed by atoms with E-state index in [1.165, 1.54) is 16.7 Å². The first kappa shape index (κ1) is 13.0. The van der Waals surface area contributed by atoms with Crippen molar-refractivity contribution < 1.29 is 14.7 Å². The highest BCUT2D eigenvalue weighted by molar-refractivity contribution is 7.09. The average molecular weight is 269 g/mol. The third kappa shape index (κ3) is 2.68. The topological polar surface area (TPSA) is 91.3 Å². The summed E-state index contributed by atoms with van der Waals surface area (Å²) >= 11 is 1.23. The molecule has 0 aliphatic carbocycles. The molecule has 3 N–H and O–H groups in total. The smallest absolute Gasteiger partial charge is 0.355 e. The van der Waals surface area contributed by atoms with E-state index >= 15 is 0 Å². The SMILES string of the molecule is CC1(C(=O)NCc2nc(C(=O)O)cs2)CCCN1. The minimum absolute atomic E-state index is 0.0226. The number of carboxylic acids is 1. The Morgan fingerprint density at radius 3 is 3.00 bits per heavy atom. The van der Waals surface area contributed by atoms with E-state index in [0.717, 1.165) is 19.4 Å². The van der Waals surface area contributed by atoms with E-state index in [1.807, 2.05) is 6.92 Å². The fraction of sp³-hybridized carbons (Fsp3) is 0.545. The fourth-order valence-corrected chi connectivity index (χ4v) is 2.64. The van der Waals surface area contributed by atoms with Gasteiger partial charge in [0.25, 0.3) is 0 Å². The van der Waals surface area contributed by atoms with E-state index in [9.17, 15) is 9.59 Å². The summed E-state index contributed by atoms with van der Waals surface area (Å²) in [5.41, 5.74) is -0.484. The quantitative estimate of drug-likeness (QED) is 0.744. The van der Waals surface area contributed by atoms with Crippen molar-refractivity contribution in [3.05, 3.63) is 16.1 Å². The van der Waals surface area contributed by atoms with Crippen LogP contribution in [-0.2, 0) is 11.3 Å². The summed E-state index contributed by atoms with van der Waals surface area (Å²) < 4.78 is 0. The summed E-state index contributed by atoms with van der Waals surface area (Å²) in [6.07, 6.45) is 1.81. The van der Waals surface area contributed by atoms with Gasteiger partial charge in [-0.3, -0.25) is 4.79 Å². The van der Waals surface area contributed by atoms with E-state index in [1.54, 1.807) is 0 Å². The number of aromatic carboxylic acids is 1. The number of hydrogen-bond acceptors (Lipinski definition) is 5. The maximum atomic E-state index is 12.0. The Balaban J connectivity index is 1.90.